The zero-order valence-corrected chi connectivity index (χ0v) is 13.4. The number of rotatable bonds is 6. The molecule has 0 saturated carbocycles. The summed E-state index contributed by atoms with van der Waals surface area (Å²) in [6.07, 6.45) is 2.76. The number of piperidine rings is 1. The monoisotopic (exact) mass is 254 g/mol. The Morgan fingerprint density at radius 2 is 1.72 bits per heavy atom. The Hall–Kier alpha value is -0.0800. The second kappa shape index (κ2) is 7.49. The highest BCUT2D eigenvalue weighted by atomic mass is 15.1. The van der Waals surface area contributed by atoms with E-state index in [1.54, 1.807) is 0 Å². The first-order chi connectivity index (χ1) is 8.41. The van der Waals surface area contributed by atoms with E-state index in [-0.39, 0.29) is 0 Å². The molecule has 1 fully saturated rings. The number of hydrogen-bond acceptors (Lipinski definition) is 2. The van der Waals surface area contributed by atoms with Crippen LogP contribution < -0.4 is 5.32 Å². The van der Waals surface area contributed by atoms with Crippen LogP contribution in [0.25, 0.3) is 0 Å². The van der Waals surface area contributed by atoms with Gasteiger partial charge >= 0.3 is 0 Å². The fraction of sp³-hybridized carbons (Fsp3) is 1.00. The summed E-state index contributed by atoms with van der Waals surface area (Å²) in [4.78, 5) is 2.48. The molecular weight excluding hydrogens is 220 g/mol. The van der Waals surface area contributed by atoms with Gasteiger partial charge in [0.15, 0.2) is 0 Å². The number of hydrogen-bond donors (Lipinski definition) is 1. The molecule has 1 saturated heterocycles. The van der Waals surface area contributed by atoms with E-state index in [0.717, 1.165) is 23.7 Å². The van der Waals surface area contributed by atoms with Crippen LogP contribution in [0.2, 0.25) is 0 Å². The van der Waals surface area contributed by atoms with Gasteiger partial charge in [-0.25, -0.2) is 0 Å². The van der Waals surface area contributed by atoms with Crippen LogP contribution in [0, 0.1) is 23.7 Å². The first kappa shape index (κ1) is 16.0. The minimum atomic E-state index is 0.660. The van der Waals surface area contributed by atoms with Crippen LogP contribution >= 0.6 is 0 Å². The Morgan fingerprint density at radius 1 is 1.11 bits per heavy atom. The van der Waals surface area contributed by atoms with Crippen LogP contribution in [0.3, 0.4) is 0 Å². The smallest absolute Gasteiger partial charge is 0.00793 e. The standard InChI is InChI=1S/C16H34N2/c1-12(2)16(13(3)4)10-17-14(5)15-8-7-9-18(6)11-15/h12-17H,7-11H2,1-6H3. The lowest BCUT2D eigenvalue weighted by molar-refractivity contribution is 0.169. The lowest BCUT2D eigenvalue weighted by Gasteiger charge is -2.35. The molecule has 0 aromatic rings. The van der Waals surface area contributed by atoms with Crippen molar-refractivity contribution >= 4 is 0 Å². The Kier molecular flexibility index (Phi) is 6.65. The van der Waals surface area contributed by atoms with Crippen molar-refractivity contribution in [2.24, 2.45) is 23.7 Å². The molecule has 2 atom stereocenters. The highest BCUT2D eigenvalue weighted by Crippen LogP contribution is 2.22. The lowest BCUT2D eigenvalue weighted by atomic mass is 9.84. The van der Waals surface area contributed by atoms with E-state index in [9.17, 15) is 0 Å². The second-order valence-corrected chi connectivity index (χ2v) is 7.01. The van der Waals surface area contributed by atoms with Crippen molar-refractivity contribution in [2.45, 2.75) is 53.5 Å². The maximum Gasteiger partial charge on any atom is 0.00793 e. The molecule has 2 nitrogen and oxygen atoms in total. The molecule has 0 aromatic carbocycles. The van der Waals surface area contributed by atoms with Crippen molar-refractivity contribution < 1.29 is 0 Å². The Balaban J connectivity index is 2.37. The number of likely N-dealkylation sites (tertiary alicyclic amines) is 1. The zero-order valence-electron chi connectivity index (χ0n) is 13.4. The van der Waals surface area contributed by atoms with Gasteiger partial charge in [-0.05, 0) is 63.6 Å². The highest BCUT2D eigenvalue weighted by molar-refractivity contribution is 4.80. The molecule has 1 heterocycles. The molecule has 1 aliphatic rings. The fourth-order valence-corrected chi connectivity index (χ4v) is 3.34. The van der Waals surface area contributed by atoms with Gasteiger partial charge in [-0.2, -0.15) is 0 Å². The molecule has 1 N–H and O–H groups in total. The average molecular weight is 254 g/mol. The molecule has 1 aliphatic heterocycles. The van der Waals surface area contributed by atoms with Gasteiger partial charge in [0.1, 0.15) is 0 Å². The van der Waals surface area contributed by atoms with Gasteiger partial charge in [0.25, 0.3) is 0 Å². The Bertz CT molecular complexity index is 217. The van der Waals surface area contributed by atoms with E-state index in [2.05, 4.69) is 51.9 Å². The molecule has 1 rings (SSSR count). The third-order valence-corrected chi connectivity index (χ3v) is 4.76. The molecule has 0 spiro atoms. The number of nitrogens with zero attached hydrogens (tertiary/aromatic N) is 1. The van der Waals surface area contributed by atoms with Gasteiger partial charge in [0, 0.05) is 12.6 Å². The fourth-order valence-electron chi connectivity index (χ4n) is 3.34. The van der Waals surface area contributed by atoms with Gasteiger partial charge in [0.05, 0.1) is 0 Å². The van der Waals surface area contributed by atoms with Gasteiger partial charge in [-0.15, -0.1) is 0 Å². The lowest BCUT2D eigenvalue weighted by Crippen LogP contribution is -2.45. The summed E-state index contributed by atoms with van der Waals surface area (Å²) in [5, 5.41) is 3.81. The SMILES string of the molecule is CC(C)C(CNC(C)C1CCCN(C)C1)C(C)C. The summed E-state index contributed by atoms with van der Waals surface area (Å²) >= 11 is 0. The maximum atomic E-state index is 3.81. The quantitative estimate of drug-likeness (QED) is 0.783. The van der Waals surface area contributed by atoms with Crippen LogP contribution in [0.15, 0.2) is 0 Å². The van der Waals surface area contributed by atoms with Crippen LogP contribution in [0.1, 0.15) is 47.5 Å². The molecule has 2 heteroatoms. The minimum Gasteiger partial charge on any atom is -0.314 e. The molecule has 18 heavy (non-hydrogen) atoms. The van der Waals surface area contributed by atoms with Crippen LogP contribution in [-0.2, 0) is 0 Å². The summed E-state index contributed by atoms with van der Waals surface area (Å²) in [5.74, 6) is 3.19. The largest absolute Gasteiger partial charge is 0.314 e. The average Bonchev–Trinajstić information content (AvgIpc) is 2.28. The molecule has 0 radical (unpaired) electrons. The zero-order chi connectivity index (χ0) is 13.7. The summed E-state index contributed by atoms with van der Waals surface area (Å²) in [6, 6.07) is 0.660. The minimum absolute atomic E-state index is 0.660. The summed E-state index contributed by atoms with van der Waals surface area (Å²) < 4.78 is 0. The highest BCUT2D eigenvalue weighted by Gasteiger charge is 2.24. The van der Waals surface area contributed by atoms with Gasteiger partial charge in [-0.1, -0.05) is 27.7 Å². The van der Waals surface area contributed by atoms with Crippen molar-refractivity contribution in [3.05, 3.63) is 0 Å². The van der Waals surface area contributed by atoms with Gasteiger partial charge < -0.3 is 10.2 Å². The van der Waals surface area contributed by atoms with Crippen LogP contribution in [-0.4, -0.2) is 37.6 Å². The van der Waals surface area contributed by atoms with E-state index >= 15 is 0 Å². The summed E-state index contributed by atoms with van der Waals surface area (Å²) in [5.41, 5.74) is 0. The van der Waals surface area contributed by atoms with Crippen molar-refractivity contribution in [1.82, 2.24) is 10.2 Å². The molecule has 0 aliphatic carbocycles. The van der Waals surface area contributed by atoms with E-state index in [1.807, 2.05) is 0 Å². The van der Waals surface area contributed by atoms with Crippen LogP contribution in [0.5, 0.6) is 0 Å². The van der Waals surface area contributed by atoms with Crippen molar-refractivity contribution in [3.8, 4) is 0 Å². The van der Waals surface area contributed by atoms with Crippen LogP contribution in [0.4, 0.5) is 0 Å². The number of nitrogens with one attached hydrogen (secondary N) is 1. The Morgan fingerprint density at radius 3 is 2.22 bits per heavy atom. The van der Waals surface area contributed by atoms with E-state index in [1.165, 1.54) is 32.5 Å². The molecular formula is C16H34N2. The summed E-state index contributed by atoms with van der Waals surface area (Å²) in [6.45, 7) is 15.5. The summed E-state index contributed by atoms with van der Waals surface area (Å²) in [7, 11) is 2.25. The molecule has 0 amide bonds. The molecule has 2 unspecified atom stereocenters. The van der Waals surface area contributed by atoms with E-state index < -0.39 is 0 Å². The Labute approximate surface area is 115 Å². The second-order valence-electron chi connectivity index (χ2n) is 7.01. The topological polar surface area (TPSA) is 15.3 Å². The van der Waals surface area contributed by atoms with E-state index in [4.69, 9.17) is 0 Å². The molecule has 0 bridgehead atoms. The predicted octanol–water partition coefficient (Wildman–Crippen LogP) is 3.23. The maximum absolute atomic E-state index is 3.81. The third kappa shape index (κ3) is 4.89. The van der Waals surface area contributed by atoms with Gasteiger partial charge in [0.2, 0.25) is 0 Å². The predicted molar refractivity (Wildman–Crippen MR) is 80.9 cm³/mol. The van der Waals surface area contributed by atoms with Gasteiger partial charge in [-0.3, -0.25) is 0 Å². The molecule has 108 valence electrons. The van der Waals surface area contributed by atoms with E-state index in [0.29, 0.717) is 6.04 Å². The first-order valence-electron chi connectivity index (χ1n) is 7.83. The van der Waals surface area contributed by atoms with Crippen molar-refractivity contribution in [2.75, 3.05) is 26.7 Å². The first-order valence-corrected chi connectivity index (χ1v) is 7.83. The third-order valence-electron chi connectivity index (χ3n) is 4.76. The van der Waals surface area contributed by atoms with Crippen molar-refractivity contribution in [3.63, 3.8) is 0 Å². The molecule has 0 aromatic heterocycles. The van der Waals surface area contributed by atoms with Crippen molar-refractivity contribution in [1.29, 1.82) is 0 Å². The normalized spacial score (nSPS) is 24.2.